The molecule has 3 rings (SSSR count). The van der Waals surface area contributed by atoms with Crippen molar-refractivity contribution in [3.8, 4) is 0 Å². The molecule has 2 aromatic rings. The molecule has 0 aliphatic carbocycles. The van der Waals surface area contributed by atoms with Crippen molar-refractivity contribution in [1.82, 2.24) is 9.80 Å². The van der Waals surface area contributed by atoms with Crippen LogP contribution < -0.4 is 0 Å². The van der Waals surface area contributed by atoms with E-state index in [1.165, 1.54) is 4.88 Å². The van der Waals surface area contributed by atoms with E-state index >= 15 is 0 Å². The average molecular weight is 328 g/mol. The third-order valence-electron chi connectivity index (χ3n) is 4.11. The molecule has 23 heavy (non-hydrogen) atoms. The fourth-order valence-corrected chi connectivity index (χ4v) is 3.47. The van der Waals surface area contributed by atoms with Crippen LogP contribution in [-0.2, 0) is 11.2 Å². The lowest BCUT2D eigenvalue weighted by atomic mass is 10.1. The van der Waals surface area contributed by atoms with Crippen LogP contribution in [0.15, 0.2) is 47.8 Å². The van der Waals surface area contributed by atoms with E-state index in [0.29, 0.717) is 38.2 Å². The molecule has 1 aromatic carbocycles. The van der Waals surface area contributed by atoms with Gasteiger partial charge in [0, 0.05) is 43.0 Å². The molecular weight excluding hydrogens is 308 g/mol. The molecule has 1 fully saturated rings. The minimum Gasteiger partial charge on any atom is -0.339 e. The summed E-state index contributed by atoms with van der Waals surface area (Å²) in [5, 5.41) is 2.04. The Bertz CT molecular complexity index is 647. The van der Waals surface area contributed by atoms with Gasteiger partial charge in [-0.2, -0.15) is 0 Å². The molecule has 0 spiro atoms. The normalized spacial score (nSPS) is 14.8. The smallest absolute Gasteiger partial charge is 0.253 e. The number of piperazine rings is 1. The molecule has 0 radical (unpaired) electrons. The lowest BCUT2D eigenvalue weighted by Crippen LogP contribution is -2.50. The predicted octanol–water partition coefficient (Wildman–Crippen LogP) is 2.67. The maximum absolute atomic E-state index is 12.4. The second-order valence-electron chi connectivity index (χ2n) is 5.62. The van der Waals surface area contributed by atoms with Gasteiger partial charge >= 0.3 is 0 Å². The molecule has 0 atom stereocenters. The van der Waals surface area contributed by atoms with Crippen LogP contribution >= 0.6 is 11.3 Å². The molecule has 1 saturated heterocycles. The molecule has 0 saturated carbocycles. The van der Waals surface area contributed by atoms with Crippen LogP contribution in [-0.4, -0.2) is 47.8 Å². The van der Waals surface area contributed by atoms with E-state index < -0.39 is 0 Å². The SMILES string of the molecule is O=C(CCc1cccs1)N1CCN(C(=O)c2ccccc2)CC1. The van der Waals surface area contributed by atoms with Crippen molar-refractivity contribution in [3.63, 3.8) is 0 Å². The molecule has 1 aliphatic heterocycles. The summed E-state index contributed by atoms with van der Waals surface area (Å²) in [7, 11) is 0. The van der Waals surface area contributed by atoms with Gasteiger partial charge in [-0.3, -0.25) is 9.59 Å². The fourth-order valence-electron chi connectivity index (χ4n) is 2.77. The first-order valence-corrected chi connectivity index (χ1v) is 8.76. The van der Waals surface area contributed by atoms with Gasteiger partial charge in [0.2, 0.25) is 5.91 Å². The van der Waals surface area contributed by atoms with Gasteiger partial charge in [-0.15, -0.1) is 11.3 Å². The zero-order valence-electron chi connectivity index (χ0n) is 13.0. The first kappa shape index (κ1) is 15.7. The molecule has 5 heteroatoms. The number of carbonyl (C=O) groups is 2. The highest BCUT2D eigenvalue weighted by molar-refractivity contribution is 7.09. The summed E-state index contributed by atoms with van der Waals surface area (Å²) < 4.78 is 0. The highest BCUT2D eigenvalue weighted by Crippen LogP contribution is 2.13. The Hall–Kier alpha value is -2.14. The highest BCUT2D eigenvalue weighted by Gasteiger charge is 2.24. The van der Waals surface area contributed by atoms with Crippen LogP contribution in [0.25, 0.3) is 0 Å². The molecular formula is C18H20N2O2S. The number of aryl methyl sites for hydroxylation is 1. The second kappa shape index (κ2) is 7.42. The van der Waals surface area contributed by atoms with Gasteiger partial charge in [-0.05, 0) is 30.0 Å². The monoisotopic (exact) mass is 328 g/mol. The molecule has 1 aliphatic rings. The summed E-state index contributed by atoms with van der Waals surface area (Å²) in [4.78, 5) is 29.6. The van der Waals surface area contributed by atoms with E-state index in [1.54, 1.807) is 11.3 Å². The van der Waals surface area contributed by atoms with Gasteiger partial charge in [0.1, 0.15) is 0 Å². The Morgan fingerprint density at radius 2 is 1.61 bits per heavy atom. The Balaban J connectivity index is 1.48. The Morgan fingerprint density at radius 1 is 0.913 bits per heavy atom. The number of rotatable bonds is 4. The number of amides is 2. The van der Waals surface area contributed by atoms with E-state index in [-0.39, 0.29) is 11.8 Å². The summed E-state index contributed by atoms with van der Waals surface area (Å²) in [6, 6.07) is 13.4. The van der Waals surface area contributed by atoms with Gasteiger partial charge in [0.25, 0.3) is 5.91 Å². The van der Waals surface area contributed by atoms with Gasteiger partial charge in [0.05, 0.1) is 0 Å². The van der Waals surface area contributed by atoms with E-state index in [9.17, 15) is 9.59 Å². The lowest BCUT2D eigenvalue weighted by Gasteiger charge is -2.35. The van der Waals surface area contributed by atoms with Crippen LogP contribution in [0.1, 0.15) is 21.7 Å². The van der Waals surface area contributed by atoms with Crippen LogP contribution in [0, 0.1) is 0 Å². The van der Waals surface area contributed by atoms with Crippen molar-refractivity contribution in [3.05, 3.63) is 58.3 Å². The fraction of sp³-hybridized carbons (Fsp3) is 0.333. The van der Waals surface area contributed by atoms with Crippen LogP contribution in [0.4, 0.5) is 0 Å². The van der Waals surface area contributed by atoms with Crippen molar-refractivity contribution in [2.75, 3.05) is 26.2 Å². The average Bonchev–Trinajstić information content (AvgIpc) is 3.13. The molecule has 1 aromatic heterocycles. The third kappa shape index (κ3) is 3.99. The summed E-state index contributed by atoms with van der Waals surface area (Å²) in [6.45, 7) is 2.47. The first-order chi connectivity index (χ1) is 11.2. The highest BCUT2D eigenvalue weighted by atomic mass is 32.1. The predicted molar refractivity (Wildman–Crippen MR) is 91.6 cm³/mol. The first-order valence-electron chi connectivity index (χ1n) is 7.88. The molecule has 0 N–H and O–H groups in total. The van der Waals surface area contributed by atoms with Crippen molar-refractivity contribution in [2.45, 2.75) is 12.8 Å². The Kier molecular flexibility index (Phi) is 5.08. The van der Waals surface area contributed by atoms with E-state index in [4.69, 9.17) is 0 Å². The largest absolute Gasteiger partial charge is 0.339 e. The van der Waals surface area contributed by atoms with Gasteiger partial charge in [-0.1, -0.05) is 24.3 Å². The molecule has 2 heterocycles. The summed E-state index contributed by atoms with van der Waals surface area (Å²) in [6.07, 6.45) is 1.35. The Morgan fingerprint density at radius 3 is 2.26 bits per heavy atom. The number of thiophene rings is 1. The minimum atomic E-state index is 0.0521. The maximum Gasteiger partial charge on any atom is 0.253 e. The van der Waals surface area contributed by atoms with Crippen molar-refractivity contribution < 1.29 is 9.59 Å². The zero-order valence-corrected chi connectivity index (χ0v) is 13.8. The standard InChI is InChI=1S/C18H20N2O2S/c21-17(9-8-16-7-4-14-23-16)19-10-12-20(13-11-19)18(22)15-5-2-1-3-6-15/h1-7,14H,8-13H2. The van der Waals surface area contributed by atoms with E-state index in [1.807, 2.05) is 51.6 Å². The van der Waals surface area contributed by atoms with Gasteiger partial charge in [-0.25, -0.2) is 0 Å². The van der Waals surface area contributed by atoms with Crippen molar-refractivity contribution >= 4 is 23.2 Å². The summed E-state index contributed by atoms with van der Waals surface area (Å²) in [5.41, 5.74) is 0.713. The van der Waals surface area contributed by atoms with Crippen LogP contribution in [0.5, 0.6) is 0 Å². The number of hydrogen-bond donors (Lipinski definition) is 0. The topological polar surface area (TPSA) is 40.6 Å². The maximum atomic E-state index is 12.4. The minimum absolute atomic E-state index is 0.0521. The molecule has 2 amide bonds. The quantitative estimate of drug-likeness (QED) is 0.866. The summed E-state index contributed by atoms with van der Waals surface area (Å²) in [5.74, 6) is 0.237. The van der Waals surface area contributed by atoms with E-state index in [2.05, 4.69) is 6.07 Å². The van der Waals surface area contributed by atoms with Crippen LogP contribution in [0.3, 0.4) is 0 Å². The molecule has 120 valence electrons. The molecule has 4 nitrogen and oxygen atoms in total. The van der Waals surface area contributed by atoms with Gasteiger partial charge in [0.15, 0.2) is 0 Å². The molecule has 0 unspecified atom stereocenters. The van der Waals surface area contributed by atoms with Crippen LogP contribution in [0.2, 0.25) is 0 Å². The number of nitrogens with zero attached hydrogens (tertiary/aromatic N) is 2. The second-order valence-corrected chi connectivity index (χ2v) is 6.65. The number of benzene rings is 1. The summed E-state index contributed by atoms with van der Waals surface area (Å²) >= 11 is 1.69. The van der Waals surface area contributed by atoms with Crippen molar-refractivity contribution in [2.24, 2.45) is 0 Å². The lowest BCUT2D eigenvalue weighted by molar-refractivity contribution is -0.132. The number of hydrogen-bond acceptors (Lipinski definition) is 3. The van der Waals surface area contributed by atoms with Crippen molar-refractivity contribution in [1.29, 1.82) is 0 Å². The third-order valence-corrected chi connectivity index (χ3v) is 5.04. The zero-order chi connectivity index (χ0) is 16.1. The van der Waals surface area contributed by atoms with E-state index in [0.717, 1.165) is 6.42 Å². The number of carbonyl (C=O) groups excluding carboxylic acids is 2. The Labute approximate surface area is 140 Å². The molecule has 0 bridgehead atoms. The van der Waals surface area contributed by atoms with Gasteiger partial charge < -0.3 is 9.80 Å².